The second-order valence-corrected chi connectivity index (χ2v) is 10.9. The van der Waals surface area contributed by atoms with Crippen molar-refractivity contribution in [1.29, 1.82) is 0 Å². The molecule has 0 N–H and O–H groups in total. The van der Waals surface area contributed by atoms with Gasteiger partial charge in [0.05, 0.1) is 36.1 Å². The number of para-hydroxylation sites is 2. The van der Waals surface area contributed by atoms with Crippen LogP contribution in [0.2, 0.25) is 0 Å². The number of nitrogens with zero attached hydrogens (tertiary/aromatic N) is 3. The quantitative estimate of drug-likeness (QED) is 0.202. The Labute approximate surface area is 252 Å². The van der Waals surface area contributed by atoms with E-state index in [0.717, 1.165) is 22.2 Å². The van der Waals surface area contributed by atoms with E-state index in [1.807, 2.05) is 60.0 Å². The Bertz CT molecular complexity index is 1910. The number of ether oxygens (including phenoxy) is 4. The lowest BCUT2D eigenvalue weighted by molar-refractivity contribution is -0.144. The number of thiazole rings is 1. The number of methoxy groups -OCH3 is 2. The highest BCUT2D eigenvalue weighted by atomic mass is 32.1. The molecular formula is C32H33N3O7S. The van der Waals surface area contributed by atoms with Gasteiger partial charge >= 0.3 is 11.9 Å². The summed E-state index contributed by atoms with van der Waals surface area (Å²) in [7, 11) is 3.07. The lowest BCUT2D eigenvalue weighted by atomic mass is 9.95. The molecule has 10 nitrogen and oxygen atoms in total. The van der Waals surface area contributed by atoms with Crippen LogP contribution in [-0.2, 0) is 30.3 Å². The third-order valence-corrected chi connectivity index (χ3v) is 8.33. The number of hydrogen-bond acceptors (Lipinski definition) is 9. The molecule has 2 aromatic heterocycles. The fourth-order valence-corrected chi connectivity index (χ4v) is 6.40. The molecule has 0 amide bonds. The van der Waals surface area contributed by atoms with Crippen molar-refractivity contribution in [3.63, 3.8) is 0 Å². The van der Waals surface area contributed by atoms with E-state index in [4.69, 9.17) is 18.9 Å². The molecule has 3 heterocycles. The van der Waals surface area contributed by atoms with Crippen molar-refractivity contribution in [3.8, 4) is 5.75 Å². The van der Waals surface area contributed by atoms with Gasteiger partial charge in [-0.25, -0.2) is 9.79 Å². The molecule has 0 saturated carbocycles. The van der Waals surface area contributed by atoms with Crippen LogP contribution in [-0.4, -0.2) is 55.1 Å². The zero-order chi connectivity index (χ0) is 30.7. The molecular weight excluding hydrogens is 570 g/mol. The minimum Gasteiger partial charge on any atom is -0.496 e. The fourth-order valence-electron chi connectivity index (χ4n) is 5.38. The van der Waals surface area contributed by atoms with Crippen LogP contribution >= 0.6 is 11.3 Å². The molecule has 1 atom stereocenters. The molecule has 0 radical (unpaired) electrons. The summed E-state index contributed by atoms with van der Waals surface area (Å²) < 4.78 is 25.3. The standard InChI is InChI=1S/C32H33N3O7S/c1-6-41-27(36)18-34-20(3)23(21-11-7-9-13-24(21)34)17-26-30(37)35-29(22-12-8-10-14-25(22)40-5)28(19(2)33-32(35)43-26)31(38)42-16-15-39-4/h7-14,17,29H,6,15-16,18H2,1-5H3. The second kappa shape index (κ2) is 12.8. The van der Waals surface area contributed by atoms with E-state index in [1.165, 1.54) is 23.0 Å². The third-order valence-electron chi connectivity index (χ3n) is 7.34. The zero-order valence-electron chi connectivity index (χ0n) is 24.7. The number of fused-ring (bicyclic) bond motifs is 2. The van der Waals surface area contributed by atoms with Crippen LogP contribution in [0.4, 0.5) is 0 Å². The molecule has 0 saturated heterocycles. The number of allylic oxidation sites excluding steroid dienone is 1. The maximum absolute atomic E-state index is 14.2. The maximum atomic E-state index is 14.2. The Morgan fingerprint density at radius 3 is 2.51 bits per heavy atom. The van der Waals surface area contributed by atoms with Crippen molar-refractivity contribution in [2.45, 2.75) is 33.4 Å². The summed E-state index contributed by atoms with van der Waals surface area (Å²) in [6.07, 6.45) is 1.83. The Kier molecular flexibility index (Phi) is 8.93. The molecule has 1 aliphatic rings. The average molecular weight is 604 g/mol. The number of carbonyl (C=O) groups is 2. The summed E-state index contributed by atoms with van der Waals surface area (Å²) in [5, 5.41) is 0.898. The van der Waals surface area contributed by atoms with Crippen LogP contribution in [0, 0.1) is 6.92 Å². The summed E-state index contributed by atoms with van der Waals surface area (Å²) in [5.74, 6) is -0.396. The van der Waals surface area contributed by atoms with Gasteiger partial charge in [0.15, 0.2) is 4.80 Å². The number of esters is 2. The van der Waals surface area contributed by atoms with Gasteiger partial charge in [0.2, 0.25) is 0 Å². The molecule has 0 spiro atoms. The first-order chi connectivity index (χ1) is 20.8. The number of benzene rings is 2. The number of hydrogen-bond donors (Lipinski definition) is 0. The van der Waals surface area contributed by atoms with Crippen molar-refractivity contribution in [1.82, 2.24) is 9.13 Å². The average Bonchev–Trinajstić information content (AvgIpc) is 3.45. The van der Waals surface area contributed by atoms with Gasteiger partial charge in [-0.2, -0.15) is 0 Å². The first kappa shape index (κ1) is 30.0. The maximum Gasteiger partial charge on any atom is 0.338 e. The molecule has 4 aromatic rings. The van der Waals surface area contributed by atoms with Gasteiger partial charge in [0.25, 0.3) is 5.56 Å². The molecule has 224 valence electrons. The summed E-state index contributed by atoms with van der Waals surface area (Å²) in [6, 6.07) is 14.2. The number of carbonyl (C=O) groups excluding carboxylic acids is 2. The van der Waals surface area contributed by atoms with Gasteiger partial charge in [-0.1, -0.05) is 47.7 Å². The minimum atomic E-state index is -0.823. The normalized spacial score (nSPS) is 14.9. The molecule has 5 rings (SSSR count). The molecule has 2 aromatic carbocycles. The van der Waals surface area contributed by atoms with Crippen LogP contribution in [0.1, 0.15) is 36.7 Å². The van der Waals surface area contributed by atoms with Gasteiger partial charge < -0.3 is 23.5 Å². The number of aromatic nitrogens is 2. The lowest BCUT2D eigenvalue weighted by Crippen LogP contribution is -2.40. The molecule has 11 heteroatoms. The first-order valence-electron chi connectivity index (χ1n) is 13.9. The van der Waals surface area contributed by atoms with E-state index in [-0.39, 0.29) is 36.9 Å². The zero-order valence-corrected chi connectivity index (χ0v) is 25.5. The van der Waals surface area contributed by atoms with Crippen molar-refractivity contribution in [2.24, 2.45) is 4.99 Å². The lowest BCUT2D eigenvalue weighted by Gasteiger charge is -2.26. The Balaban J connectivity index is 1.71. The van der Waals surface area contributed by atoms with Crippen LogP contribution in [0.25, 0.3) is 17.0 Å². The summed E-state index contributed by atoms with van der Waals surface area (Å²) >= 11 is 1.24. The Morgan fingerprint density at radius 2 is 1.77 bits per heavy atom. The van der Waals surface area contributed by atoms with Gasteiger partial charge in [0.1, 0.15) is 24.9 Å². The summed E-state index contributed by atoms with van der Waals surface area (Å²) in [6.45, 7) is 6.06. The highest BCUT2D eigenvalue weighted by Crippen LogP contribution is 2.35. The first-order valence-corrected chi connectivity index (χ1v) is 14.7. The molecule has 1 unspecified atom stereocenters. The summed E-state index contributed by atoms with van der Waals surface area (Å²) in [5.41, 5.74) is 3.52. The van der Waals surface area contributed by atoms with Crippen molar-refractivity contribution in [2.75, 3.05) is 34.0 Å². The molecule has 0 aliphatic carbocycles. The Hall–Kier alpha value is -4.48. The highest BCUT2D eigenvalue weighted by Gasteiger charge is 2.35. The van der Waals surface area contributed by atoms with Crippen molar-refractivity contribution in [3.05, 3.63) is 96.3 Å². The Morgan fingerprint density at radius 1 is 1.02 bits per heavy atom. The second-order valence-electron chi connectivity index (χ2n) is 9.86. The molecule has 0 bridgehead atoms. The predicted molar refractivity (Wildman–Crippen MR) is 163 cm³/mol. The molecule has 1 aliphatic heterocycles. The van der Waals surface area contributed by atoms with Crippen molar-refractivity contribution >= 4 is 40.3 Å². The van der Waals surface area contributed by atoms with Crippen LogP contribution in [0.15, 0.2) is 69.6 Å². The van der Waals surface area contributed by atoms with E-state index in [0.29, 0.717) is 33.0 Å². The highest BCUT2D eigenvalue weighted by molar-refractivity contribution is 7.07. The van der Waals surface area contributed by atoms with Gasteiger partial charge in [-0.15, -0.1) is 0 Å². The topological polar surface area (TPSA) is 110 Å². The predicted octanol–water partition coefficient (Wildman–Crippen LogP) is 3.26. The van der Waals surface area contributed by atoms with Gasteiger partial charge in [-0.05, 0) is 39.0 Å². The van der Waals surface area contributed by atoms with Crippen molar-refractivity contribution < 1.29 is 28.5 Å². The van der Waals surface area contributed by atoms with E-state index in [9.17, 15) is 14.4 Å². The molecule has 43 heavy (non-hydrogen) atoms. The monoisotopic (exact) mass is 603 g/mol. The van der Waals surface area contributed by atoms with E-state index in [2.05, 4.69) is 4.99 Å². The SMILES string of the molecule is CCOC(=O)Cn1c(C)c(C=c2sc3n(c2=O)C(c2ccccc2OC)C(C(=O)OCCOC)=C(C)N=3)c2ccccc21. The van der Waals surface area contributed by atoms with Crippen LogP contribution < -0.4 is 19.6 Å². The largest absolute Gasteiger partial charge is 0.496 e. The third kappa shape index (κ3) is 5.65. The summed E-state index contributed by atoms with van der Waals surface area (Å²) in [4.78, 5) is 45.2. The van der Waals surface area contributed by atoms with Crippen LogP contribution in [0.5, 0.6) is 5.75 Å². The van der Waals surface area contributed by atoms with E-state index < -0.39 is 12.0 Å². The van der Waals surface area contributed by atoms with E-state index in [1.54, 1.807) is 27.0 Å². The molecule has 0 fully saturated rings. The fraction of sp³-hybridized carbons (Fsp3) is 0.312. The van der Waals surface area contributed by atoms with Gasteiger partial charge in [-0.3, -0.25) is 14.2 Å². The van der Waals surface area contributed by atoms with Crippen LogP contribution in [0.3, 0.4) is 0 Å². The van der Waals surface area contributed by atoms with E-state index >= 15 is 0 Å². The smallest absolute Gasteiger partial charge is 0.338 e. The minimum absolute atomic E-state index is 0.0524. The number of rotatable bonds is 10. The van der Waals surface area contributed by atoms with Gasteiger partial charge in [0, 0.05) is 34.8 Å².